The highest BCUT2D eigenvalue weighted by Gasteiger charge is 2.10. The molecule has 0 aliphatic rings. The highest BCUT2D eigenvalue weighted by atomic mass is 16.6. The number of benzene rings is 3. The number of carboxylic acid groups (broad SMARTS) is 3. The first-order valence-corrected chi connectivity index (χ1v) is 9.55. The average Bonchev–Trinajstić information content (AvgIpc) is 2.84. The number of carbonyl (C=O) groups is 4. The van der Waals surface area contributed by atoms with Gasteiger partial charge in [-0.2, -0.15) is 0 Å². The highest BCUT2D eigenvalue weighted by molar-refractivity contribution is 5.92. The molecule has 34 heavy (non-hydrogen) atoms. The second-order valence-corrected chi connectivity index (χ2v) is 6.30. The summed E-state index contributed by atoms with van der Waals surface area (Å²) < 4.78 is 4.50. The summed E-state index contributed by atoms with van der Waals surface area (Å²) in [6.45, 7) is -0.528. The van der Waals surface area contributed by atoms with Gasteiger partial charge in [0.1, 0.15) is 6.61 Å². The summed E-state index contributed by atoms with van der Waals surface area (Å²) in [5.41, 5.74) is 0.861. The summed E-state index contributed by atoms with van der Waals surface area (Å²) >= 11 is 0. The van der Waals surface area contributed by atoms with E-state index in [0.29, 0.717) is 11.1 Å². The lowest BCUT2D eigenvalue weighted by Crippen LogP contribution is -2.17. The van der Waals surface area contributed by atoms with Gasteiger partial charge < -0.3 is 30.3 Å². The predicted molar refractivity (Wildman–Crippen MR) is 119 cm³/mol. The van der Waals surface area contributed by atoms with Crippen molar-refractivity contribution in [2.24, 2.45) is 0 Å². The fraction of sp³-hybridized carbons (Fsp3) is 0.0833. The summed E-state index contributed by atoms with van der Waals surface area (Å²) in [5.74, 6) is -3.60. The third kappa shape index (κ3) is 10.7. The van der Waals surface area contributed by atoms with Gasteiger partial charge in [-0.05, 0) is 48.5 Å². The maximum Gasteiger partial charge on any atom is 0.338 e. The van der Waals surface area contributed by atoms with Crippen molar-refractivity contribution in [1.29, 1.82) is 0 Å². The van der Waals surface area contributed by atoms with E-state index in [0.717, 1.165) is 0 Å². The van der Waals surface area contributed by atoms with Gasteiger partial charge in [-0.15, -0.1) is 0 Å². The Morgan fingerprint density at radius 1 is 0.559 bits per heavy atom. The van der Waals surface area contributed by atoms with Crippen molar-refractivity contribution in [3.63, 3.8) is 0 Å². The highest BCUT2D eigenvalue weighted by Crippen LogP contribution is 2.06. The van der Waals surface area contributed by atoms with Crippen LogP contribution in [0.4, 0.5) is 0 Å². The van der Waals surface area contributed by atoms with Gasteiger partial charge in [0.05, 0.1) is 22.3 Å². The van der Waals surface area contributed by atoms with Crippen molar-refractivity contribution in [2.45, 2.75) is 6.29 Å². The third-order valence-corrected chi connectivity index (χ3v) is 3.77. The number of rotatable bonds is 6. The van der Waals surface area contributed by atoms with Crippen LogP contribution in [0.3, 0.4) is 0 Å². The van der Waals surface area contributed by atoms with Gasteiger partial charge in [0.2, 0.25) is 0 Å². The molecule has 3 aromatic carbocycles. The van der Waals surface area contributed by atoms with Crippen LogP contribution in [0.1, 0.15) is 41.4 Å². The quantitative estimate of drug-likeness (QED) is 0.265. The number of aromatic carboxylic acids is 3. The first kappa shape index (κ1) is 27.5. The fourth-order valence-electron chi connectivity index (χ4n) is 2.14. The zero-order valence-electron chi connectivity index (χ0n) is 17.6. The molecule has 3 aromatic rings. The van der Waals surface area contributed by atoms with E-state index in [1.807, 2.05) is 0 Å². The minimum atomic E-state index is -1.72. The topological polar surface area (TPSA) is 179 Å². The lowest BCUT2D eigenvalue weighted by Gasteiger charge is -2.05. The normalized spacial score (nSPS) is 9.50. The van der Waals surface area contributed by atoms with Gasteiger partial charge in [0, 0.05) is 0 Å². The van der Waals surface area contributed by atoms with Crippen LogP contribution in [0, 0.1) is 0 Å². The average molecular weight is 470 g/mol. The molecule has 10 heteroatoms. The molecule has 0 fully saturated rings. The molecule has 0 aliphatic heterocycles. The van der Waals surface area contributed by atoms with Crippen molar-refractivity contribution >= 4 is 23.9 Å². The van der Waals surface area contributed by atoms with Crippen LogP contribution in [0.15, 0.2) is 84.9 Å². The molecule has 0 heterocycles. The number of carboxylic acids is 3. The molecule has 0 bridgehead atoms. The molecule has 0 unspecified atom stereocenters. The summed E-state index contributed by atoms with van der Waals surface area (Å²) in [6, 6.07) is 21.7. The van der Waals surface area contributed by atoms with Gasteiger partial charge in [0.15, 0.2) is 6.29 Å². The van der Waals surface area contributed by atoms with E-state index in [9.17, 15) is 19.2 Å². The molecule has 5 N–H and O–H groups in total. The first-order chi connectivity index (χ1) is 16.1. The minimum absolute atomic E-state index is 0.0544. The smallest absolute Gasteiger partial charge is 0.338 e. The molecule has 3 rings (SSSR count). The Bertz CT molecular complexity index is 1010. The Labute approximate surface area is 193 Å². The molecule has 0 amide bonds. The Balaban J connectivity index is 0.000000274. The molecule has 0 saturated carbocycles. The second-order valence-electron chi connectivity index (χ2n) is 6.30. The van der Waals surface area contributed by atoms with Crippen LogP contribution >= 0.6 is 0 Å². The van der Waals surface area contributed by atoms with E-state index in [2.05, 4.69) is 4.74 Å². The van der Waals surface area contributed by atoms with E-state index in [-0.39, 0.29) is 11.1 Å². The number of esters is 1. The molecule has 10 nitrogen and oxygen atoms in total. The fourth-order valence-corrected chi connectivity index (χ4v) is 2.14. The lowest BCUT2D eigenvalue weighted by atomic mass is 10.1. The Morgan fingerprint density at radius 2 is 0.882 bits per heavy atom. The maximum absolute atomic E-state index is 11.2. The van der Waals surface area contributed by atoms with Gasteiger partial charge in [-0.3, -0.25) is 0 Å². The SMILES string of the molecule is O=C(O)c1ccc(C(=O)OCC(O)O)cc1.O=C(O)c1ccccc1.O=C(O)c1ccccc1. The largest absolute Gasteiger partial charge is 0.478 e. The van der Waals surface area contributed by atoms with E-state index in [1.165, 1.54) is 24.3 Å². The second kappa shape index (κ2) is 14.5. The van der Waals surface area contributed by atoms with E-state index >= 15 is 0 Å². The molecule has 0 spiro atoms. The predicted octanol–water partition coefficient (Wildman–Crippen LogP) is 2.62. The summed E-state index contributed by atoms with van der Waals surface area (Å²) in [5, 5.41) is 42.3. The third-order valence-electron chi connectivity index (χ3n) is 3.77. The number of carbonyl (C=O) groups excluding carboxylic acids is 1. The van der Waals surface area contributed by atoms with Crippen LogP contribution in [0.5, 0.6) is 0 Å². The zero-order valence-corrected chi connectivity index (χ0v) is 17.6. The summed E-state index contributed by atoms with van der Waals surface area (Å²) in [4.78, 5) is 42.2. The first-order valence-electron chi connectivity index (χ1n) is 9.55. The summed E-state index contributed by atoms with van der Waals surface area (Å²) in [6.07, 6.45) is -1.72. The van der Waals surface area contributed by atoms with E-state index < -0.39 is 36.8 Å². The number of aliphatic hydroxyl groups is 2. The Morgan fingerprint density at radius 3 is 1.18 bits per heavy atom. The van der Waals surface area contributed by atoms with Crippen LogP contribution < -0.4 is 0 Å². The zero-order chi connectivity index (χ0) is 25.5. The standard InChI is InChI=1S/C10H10O6.2C7H6O2/c11-8(12)5-16-10(15)7-3-1-6(2-4-7)9(13)14;2*8-7(9)6-4-2-1-3-5-6/h1-4,8,11-12H,5H2,(H,13,14);2*1-5H,(H,8,9). The van der Waals surface area contributed by atoms with Crippen LogP contribution in [0.25, 0.3) is 0 Å². The van der Waals surface area contributed by atoms with Crippen LogP contribution in [-0.2, 0) is 4.74 Å². The number of aliphatic hydroxyl groups excluding tert-OH is 1. The Kier molecular flexibility index (Phi) is 11.7. The van der Waals surface area contributed by atoms with Crippen molar-refractivity contribution in [3.05, 3.63) is 107 Å². The van der Waals surface area contributed by atoms with E-state index in [1.54, 1.807) is 60.7 Å². The molecule has 0 atom stereocenters. The van der Waals surface area contributed by atoms with Crippen molar-refractivity contribution in [3.8, 4) is 0 Å². The molecular weight excluding hydrogens is 448 g/mol. The monoisotopic (exact) mass is 470 g/mol. The lowest BCUT2D eigenvalue weighted by molar-refractivity contribution is -0.0812. The molecule has 178 valence electrons. The van der Waals surface area contributed by atoms with Crippen LogP contribution in [-0.4, -0.2) is 62.3 Å². The molecule has 0 aliphatic carbocycles. The molecule has 0 aromatic heterocycles. The van der Waals surface area contributed by atoms with Gasteiger partial charge in [-0.1, -0.05) is 36.4 Å². The van der Waals surface area contributed by atoms with Gasteiger partial charge >= 0.3 is 23.9 Å². The summed E-state index contributed by atoms with van der Waals surface area (Å²) in [7, 11) is 0. The maximum atomic E-state index is 11.2. The van der Waals surface area contributed by atoms with Crippen molar-refractivity contribution in [2.75, 3.05) is 6.61 Å². The molecule has 0 radical (unpaired) electrons. The minimum Gasteiger partial charge on any atom is -0.478 e. The molecule has 0 saturated heterocycles. The molecular formula is C24H22O10. The van der Waals surface area contributed by atoms with Gasteiger partial charge in [0.25, 0.3) is 0 Å². The van der Waals surface area contributed by atoms with Gasteiger partial charge in [-0.25, -0.2) is 19.2 Å². The number of hydrogen-bond acceptors (Lipinski definition) is 7. The number of ether oxygens (including phenoxy) is 1. The Hall–Kier alpha value is -4.54. The van der Waals surface area contributed by atoms with E-state index in [4.69, 9.17) is 25.5 Å². The van der Waals surface area contributed by atoms with Crippen molar-refractivity contribution in [1.82, 2.24) is 0 Å². The number of hydrogen-bond donors (Lipinski definition) is 5. The van der Waals surface area contributed by atoms with Crippen LogP contribution in [0.2, 0.25) is 0 Å². The van der Waals surface area contributed by atoms with Crippen molar-refractivity contribution < 1.29 is 49.4 Å².